The normalized spacial score (nSPS) is 11.8. The maximum Gasteiger partial charge on any atom is 0.435 e. The zero-order chi connectivity index (χ0) is 13.3. The van der Waals surface area contributed by atoms with Gasteiger partial charge in [-0.15, -0.1) is 11.6 Å². The number of benzene rings is 1. The van der Waals surface area contributed by atoms with Crippen LogP contribution in [0.5, 0.6) is 0 Å². The van der Waals surface area contributed by atoms with E-state index in [9.17, 15) is 13.2 Å². The third kappa shape index (κ3) is 2.70. The summed E-state index contributed by atoms with van der Waals surface area (Å²) in [5.41, 5.74) is 0.481. The fourth-order valence-electron chi connectivity index (χ4n) is 1.41. The Morgan fingerprint density at radius 1 is 1.28 bits per heavy atom. The molecule has 0 aliphatic carbocycles. The molecule has 1 aromatic carbocycles. The van der Waals surface area contributed by atoms with Crippen molar-refractivity contribution in [1.29, 1.82) is 0 Å². The zero-order valence-corrected chi connectivity index (χ0v) is 11.2. The minimum atomic E-state index is -4.43. The van der Waals surface area contributed by atoms with Crippen molar-refractivity contribution in [3.8, 4) is 5.69 Å². The fourth-order valence-corrected chi connectivity index (χ4v) is 2.31. The lowest BCUT2D eigenvalue weighted by Crippen LogP contribution is -2.07. The lowest BCUT2D eigenvalue weighted by atomic mass is 10.2. The predicted molar refractivity (Wildman–Crippen MR) is 65.8 cm³/mol. The number of rotatable bonds is 2. The number of hydrogen-bond acceptors (Lipinski definition) is 1. The van der Waals surface area contributed by atoms with Crippen molar-refractivity contribution in [2.75, 3.05) is 0 Å². The Hall–Kier alpha value is -1.01. The molecule has 0 unspecified atom stereocenters. The second-order valence-electron chi connectivity index (χ2n) is 3.55. The molecular weight excluding hydrogens is 332 g/mol. The summed E-state index contributed by atoms with van der Waals surface area (Å²) in [5.74, 6) is 0.327. The second-order valence-corrected chi connectivity index (χ2v) is 4.67. The van der Waals surface area contributed by atoms with Crippen molar-refractivity contribution in [2.45, 2.75) is 12.1 Å². The highest BCUT2D eigenvalue weighted by Gasteiger charge is 2.33. The Morgan fingerprint density at radius 3 is 2.50 bits per heavy atom. The minimum Gasteiger partial charge on any atom is -0.240 e. The van der Waals surface area contributed by atoms with Crippen LogP contribution in [0.1, 0.15) is 11.3 Å². The molecule has 0 spiro atoms. The van der Waals surface area contributed by atoms with Gasteiger partial charge in [-0.1, -0.05) is 22.0 Å². The average Bonchev–Trinajstić information content (AvgIpc) is 2.77. The predicted octanol–water partition coefficient (Wildman–Crippen LogP) is 4.39. The maximum absolute atomic E-state index is 12.4. The van der Waals surface area contributed by atoms with Crippen LogP contribution in [0, 0.1) is 0 Å². The van der Waals surface area contributed by atoms with Gasteiger partial charge in [-0.05, 0) is 23.8 Å². The van der Waals surface area contributed by atoms with Gasteiger partial charge in [-0.2, -0.15) is 18.3 Å². The van der Waals surface area contributed by atoms with Crippen LogP contribution in [0.4, 0.5) is 13.2 Å². The van der Waals surface area contributed by atoms with E-state index in [1.807, 2.05) is 0 Å². The first-order chi connectivity index (χ1) is 8.41. The van der Waals surface area contributed by atoms with E-state index in [1.165, 1.54) is 10.9 Å². The average molecular weight is 340 g/mol. The third-order valence-electron chi connectivity index (χ3n) is 2.32. The zero-order valence-electron chi connectivity index (χ0n) is 8.88. The van der Waals surface area contributed by atoms with Gasteiger partial charge in [-0.25, -0.2) is 4.68 Å². The quantitative estimate of drug-likeness (QED) is 0.742. The van der Waals surface area contributed by atoms with Crippen molar-refractivity contribution >= 4 is 27.5 Å². The Morgan fingerprint density at radius 2 is 2.00 bits per heavy atom. The molecule has 1 heterocycles. The number of nitrogens with zero attached hydrogens (tertiary/aromatic N) is 2. The SMILES string of the molecule is FC(F)(F)c1ccn(-c2ccc(CCl)c(Br)c2)n1. The summed E-state index contributed by atoms with van der Waals surface area (Å²) in [5, 5.41) is 3.49. The van der Waals surface area contributed by atoms with E-state index >= 15 is 0 Å². The van der Waals surface area contributed by atoms with Crippen molar-refractivity contribution < 1.29 is 13.2 Å². The number of hydrogen-bond donors (Lipinski definition) is 0. The Labute approximate surface area is 114 Å². The second kappa shape index (κ2) is 4.93. The Kier molecular flexibility index (Phi) is 3.68. The van der Waals surface area contributed by atoms with E-state index in [2.05, 4.69) is 21.0 Å². The molecule has 2 rings (SSSR count). The maximum atomic E-state index is 12.4. The van der Waals surface area contributed by atoms with Gasteiger partial charge >= 0.3 is 6.18 Å². The summed E-state index contributed by atoms with van der Waals surface area (Å²) in [6, 6.07) is 6.01. The van der Waals surface area contributed by atoms with Crippen LogP contribution in [-0.2, 0) is 12.1 Å². The Bertz CT molecular complexity index is 566. The largest absolute Gasteiger partial charge is 0.435 e. The van der Waals surface area contributed by atoms with Crippen molar-refractivity contribution in [1.82, 2.24) is 9.78 Å². The summed E-state index contributed by atoms with van der Waals surface area (Å²) in [4.78, 5) is 0. The molecule has 0 N–H and O–H groups in total. The molecular formula is C11H7BrClF3N2. The summed E-state index contributed by atoms with van der Waals surface area (Å²) in [6.07, 6.45) is -3.16. The molecule has 0 aliphatic heterocycles. The van der Waals surface area contributed by atoms with Crippen molar-refractivity contribution in [2.24, 2.45) is 0 Å². The fraction of sp³-hybridized carbons (Fsp3) is 0.182. The summed E-state index contributed by atoms with van der Waals surface area (Å²) in [6.45, 7) is 0. The molecule has 0 aliphatic rings. The highest BCUT2D eigenvalue weighted by molar-refractivity contribution is 9.10. The van der Waals surface area contributed by atoms with E-state index in [4.69, 9.17) is 11.6 Å². The smallest absolute Gasteiger partial charge is 0.240 e. The molecule has 0 amide bonds. The van der Waals surface area contributed by atoms with E-state index < -0.39 is 11.9 Å². The third-order valence-corrected chi connectivity index (χ3v) is 3.35. The molecule has 0 bridgehead atoms. The van der Waals surface area contributed by atoms with Crippen LogP contribution in [0.25, 0.3) is 5.69 Å². The summed E-state index contributed by atoms with van der Waals surface area (Å²) >= 11 is 9.00. The van der Waals surface area contributed by atoms with Crippen LogP contribution in [-0.4, -0.2) is 9.78 Å². The van der Waals surface area contributed by atoms with Gasteiger partial charge in [0.2, 0.25) is 0 Å². The molecule has 0 radical (unpaired) electrons. The van der Waals surface area contributed by atoms with E-state index in [-0.39, 0.29) is 0 Å². The van der Waals surface area contributed by atoms with Crippen LogP contribution in [0.15, 0.2) is 34.9 Å². The van der Waals surface area contributed by atoms with E-state index in [0.717, 1.165) is 16.1 Å². The number of halogens is 5. The topological polar surface area (TPSA) is 17.8 Å². The standard InChI is InChI=1S/C11H7BrClF3N2/c12-9-5-8(2-1-7(9)6-13)18-4-3-10(17-18)11(14,15)16/h1-5H,6H2. The highest BCUT2D eigenvalue weighted by atomic mass is 79.9. The first kappa shape index (κ1) is 13.4. The molecule has 0 saturated heterocycles. The lowest BCUT2D eigenvalue weighted by Gasteiger charge is -2.06. The Balaban J connectivity index is 2.38. The molecule has 2 nitrogen and oxygen atoms in total. The molecule has 96 valence electrons. The highest BCUT2D eigenvalue weighted by Crippen LogP contribution is 2.28. The number of alkyl halides is 4. The van der Waals surface area contributed by atoms with Gasteiger partial charge in [0.25, 0.3) is 0 Å². The van der Waals surface area contributed by atoms with Gasteiger partial charge in [-0.3, -0.25) is 0 Å². The van der Waals surface area contributed by atoms with Crippen molar-refractivity contribution in [3.63, 3.8) is 0 Å². The van der Waals surface area contributed by atoms with Gasteiger partial charge in [0.1, 0.15) is 0 Å². The molecule has 1 aromatic heterocycles. The molecule has 0 saturated carbocycles. The lowest BCUT2D eigenvalue weighted by molar-refractivity contribution is -0.141. The minimum absolute atomic E-state index is 0.327. The van der Waals surface area contributed by atoms with Crippen LogP contribution < -0.4 is 0 Å². The molecule has 2 aromatic rings. The van der Waals surface area contributed by atoms with Crippen molar-refractivity contribution in [3.05, 3.63) is 46.2 Å². The monoisotopic (exact) mass is 338 g/mol. The van der Waals surface area contributed by atoms with Gasteiger partial charge < -0.3 is 0 Å². The molecule has 0 atom stereocenters. The van der Waals surface area contributed by atoms with Crippen LogP contribution >= 0.6 is 27.5 Å². The summed E-state index contributed by atoms with van der Waals surface area (Å²) in [7, 11) is 0. The van der Waals surface area contributed by atoms with E-state index in [0.29, 0.717) is 11.6 Å². The number of aromatic nitrogens is 2. The van der Waals surface area contributed by atoms with Crippen LogP contribution in [0.3, 0.4) is 0 Å². The molecule has 0 fully saturated rings. The van der Waals surface area contributed by atoms with Gasteiger partial charge in [0.05, 0.1) is 5.69 Å². The van der Waals surface area contributed by atoms with Crippen LogP contribution in [0.2, 0.25) is 0 Å². The van der Waals surface area contributed by atoms with E-state index in [1.54, 1.807) is 18.2 Å². The van der Waals surface area contributed by atoms with Gasteiger partial charge in [0.15, 0.2) is 5.69 Å². The first-order valence-electron chi connectivity index (χ1n) is 4.89. The first-order valence-corrected chi connectivity index (χ1v) is 6.22. The molecule has 7 heteroatoms. The van der Waals surface area contributed by atoms with Gasteiger partial charge in [0, 0.05) is 16.5 Å². The molecule has 18 heavy (non-hydrogen) atoms. The summed E-state index contributed by atoms with van der Waals surface area (Å²) < 4.78 is 39.1.